The quantitative estimate of drug-likeness (QED) is 0.871. The minimum Gasteiger partial charge on any atom is -0.348 e. The zero-order valence-electron chi connectivity index (χ0n) is 13.9. The molecule has 0 radical (unpaired) electrons. The first-order chi connectivity index (χ1) is 11.2. The normalized spacial score (nSPS) is 18.5. The largest absolute Gasteiger partial charge is 0.348 e. The highest BCUT2D eigenvalue weighted by Crippen LogP contribution is 2.32. The Morgan fingerprint density at radius 3 is 3.04 bits per heavy atom. The van der Waals surface area contributed by atoms with Gasteiger partial charge in [-0.05, 0) is 47.4 Å². The Labute approximate surface area is 153 Å². The molecule has 0 saturated heterocycles. The average molecular weight is 363 g/mol. The van der Waals surface area contributed by atoms with E-state index in [4.69, 9.17) is 0 Å². The number of hydrogen-bond acceptors (Lipinski definition) is 3. The number of rotatable bonds is 3. The summed E-state index contributed by atoms with van der Waals surface area (Å²) in [5, 5.41) is 8.50. The van der Waals surface area contributed by atoms with Crippen molar-refractivity contribution in [2.75, 3.05) is 0 Å². The number of fused-ring (bicyclic) bond motifs is 2. The lowest BCUT2D eigenvalue weighted by molar-refractivity contribution is 0.0950. The maximum atomic E-state index is 12.5. The van der Waals surface area contributed by atoms with E-state index >= 15 is 0 Å². The first kappa shape index (κ1) is 17.5. The summed E-state index contributed by atoms with van der Waals surface area (Å²) in [6.45, 7) is 4.80. The summed E-state index contributed by atoms with van der Waals surface area (Å²) in [4.78, 5) is 14.0. The maximum absolute atomic E-state index is 12.5. The Morgan fingerprint density at radius 1 is 1.33 bits per heavy atom. The molecule has 2 heterocycles. The van der Waals surface area contributed by atoms with Gasteiger partial charge in [0.15, 0.2) is 0 Å². The molecule has 0 bridgehead atoms. The van der Waals surface area contributed by atoms with E-state index in [1.807, 2.05) is 5.38 Å². The Morgan fingerprint density at radius 2 is 2.17 bits per heavy atom. The standard InChI is InChI=1S/C19H22N2OS.ClH/c1-12-2-5-16-17(11-23-18(16)6-12)19(22)21-8-13-3-4-14-9-20-10-15(14)7-13;/h3-4,7,11-12,20H,2,5-6,8-10H2,1H3,(H,21,22);1H. The van der Waals surface area contributed by atoms with Gasteiger partial charge in [0.2, 0.25) is 0 Å². The minimum absolute atomic E-state index is 0. The van der Waals surface area contributed by atoms with Crippen molar-refractivity contribution in [1.29, 1.82) is 0 Å². The molecule has 2 N–H and O–H groups in total. The molecular formula is C19H23ClN2OS. The number of thiophene rings is 1. The topological polar surface area (TPSA) is 41.1 Å². The van der Waals surface area contributed by atoms with Crippen molar-refractivity contribution < 1.29 is 4.79 Å². The van der Waals surface area contributed by atoms with Gasteiger partial charge in [-0.2, -0.15) is 0 Å². The third-order valence-corrected chi connectivity index (χ3v) is 6.05. The van der Waals surface area contributed by atoms with Gasteiger partial charge in [0.05, 0.1) is 5.56 Å². The smallest absolute Gasteiger partial charge is 0.252 e. The molecule has 24 heavy (non-hydrogen) atoms. The molecule has 1 aliphatic heterocycles. The molecule has 1 unspecified atom stereocenters. The summed E-state index contributed by atoms with van der Waals surface area (Å²) >= 11 is 1.75. The Kier molecular flexibility index (Phi) is 5.28. The highest BCUT2D eigenvalue weighted by atomic mass is 35.5. The van der Waals surface area contributed by atoms with E-state index in [0.717, 1.165) is 37.4 Å². The summed E-state index contributed by atoms with van der Waals surface area (Å²) in [5.41, 5.74) is 6.11. The highest BCUT2D eigenvalue weighted by Gasteiger charge is 2.23. The van der Waals surface area contributed by atoms with Crippen LogP contribution in [0.2, 0.25) is 0 Å². The molecule has 5 heteroatoms. The number of benzene rings is 1. The number of carbonyl (C=O) groups excluding carboxylic acids is 1. The summed E-state index contributed by atoms with van der Waals surface area (Å²) in [6.07, 6.45) is 3.38. The van der Waals surface area contributed by atoms with Gasteiger partial charge in [0.1, 0.15) is 0 Å². The van der Waals surface area contributed by atoms with Crippen LogP contribution in [0.5, 0.6) is 0 Å². The van der Waals surface area contributed by atoms with E-state index in [0.29, 0.717) is 6.54 Å². The van der Waals surface area contributed by atoms with Gasteiger partial charge in [0.25, 0.3) is 5.91 Å². The zero-order chi connectivity index (χ0) is 15.8. The highest BCUT2D eigenvalue weighted by molar-refractivity contribution is 7.10. The lowest BCUT2D eigenvalue weighted by Gasteiger charge is -2.18. The second-order valence-electron chi connectivity index (χ2n) is 6.79. The number of halogens is 1. The lowest BCUT2D eigenvalue weighted by atomic mass is 9.88. The van der Waals surface area contributed by atoms with E-state index in [-0.39, 0.29) is 18.3 Å². The molecule has 4 rings (SSSR count). The SMILES string of the molecule is CC1CCc2c(C(=O)NCc3ccc4c(c3)CNC4)csc2C1.Cl. The van der Waals surface area contributed by atoms with Gasteiger partial charge in [-0.15, -0.1) is 23.7 Å². The first-order valence-electron chi connectivity index (χ1n) is 8.39. The minimum atomic E-state index is 0. The van der Waals surface area contributed by atoms with Crippen LogP contribution in [0.25, 0.3) is 0 Å². The fourth-order valence-electron chi connectivity index (χ4n) is 3.60. The van der Waals surface area contributed by atoms with Crippen LogP contribution in [-0.4, -0.2) is 5.91 Å². The van der Waals surface area contributed by atoms with Gasteiger partial charge in [-0.25, -0.2) is 0 Å². The van der Waals surface area contributed by atoms with E-state index in [1.165, 1.54) is 33.6 Å². The maximum Gasteiger partial charge on any atom is 0.252 e. The second kappa shape index (κ2) is 7.26. The van der Waals surface area contributed by atoms with Gasteiger partial charge < -0.3 is 10.6 Å². The molecular weight excluding hydrogens is 340 g/mol. The van der Waals surface area contributed by atoms with Gasteiger partial charge in [0, 0.05) is 29.9 Å². The van der Waals surface area contributed by atoms with Crippen LogP contribution in [0.15, 0.2) is 23.6 Å². The van der Waals surface area contributed by atoms with Gasteiger partial charge >= 0.3 is 0 Å². The molecule has 0 spiro atoms. The summed E-state index contributed by atoms with van der Waals surface area (Å²) in [7, 11) is 0. The molecule has 1 aromatic carbocycles. The van der Waals surface area contributed by atoms with Crippen molar-refractivity contribution in [3.8, 4) is 0 Å². The van der Waals surface area contributed by atoms with E-state index in [2.05, 4.69) is 35.8 Å². The van der Waals surface area contributed by atoms with Crippen LogP contribution in [-0.2, 0) is 32.5 Å². The van der Waals surface area contributed by atoms with E-state index in [9.17, 15) is 4.79 Å². The molecule has 128 valence electrons. The van der Waals surface area contributed by atoms with Crippen molar-refractivity contribution in [1.82, 2.24) is 10.6 Å². The molecule has 2 aromatic rings. The predicted molar refractivity (Wildman–Crippen MR) is 101 cm³/mol. The van der Waals surface area contributed by atoms with Crippen molar-refractivity contribution >= 4 is 29.7 Å². The fourth-order valence-corrected chi connectivity index (χ4v) is 4.85. The Balaban J connectivity index is 0.00000169. The zero-order valence-corrected chi connectivity index (χ0v) is 15.5. The van der Waals surface area contributed by atoms with Crippen LogP contribution in [0, 0.1) is 5.92 Å². The molecule has 1 aliphatic carbocycles. The van der Waals surface area contributed by atoms with E-state index in [1.54, 1.807) is 11.3 Å². The van der Waals surface area contributed by atoms with Crippen LogP contribution in [0.3, 0.4) is 0 Å². The third kappa shape index (κ3) is 3.37. The number of hydrogen-bond donors (Lipinski definition) is 2. The molecule has 1 amide bonds. The van der Waals surface area contributed by atoms with Crippen LogP contribution >= 0.6 is 23.7 Å². The van der Waals surface area contributed by atoms with Crippen molar-refractivity contribution in [3.05, 3.63) is 56.3 Å². The molecule has 0 saturated carbocycles. The molecule has 1 aromatic heterocycles. The molecule has 1 atom stereocenters. The number of carbonyl (C=O) groups is 1. The van der Waals surface area contributed by atoms with Crippen LogP contribution < -0.4 is 10.6 Å². The summed E-state index contributed by atoms with van der Waals surface area (Å²) in [5.74, 6) is 0.827. The monoisotopic (exact) mass is 362 g/mol. The fraction of sp³-hybridized carbons (Fsp3) is 0.421. The summed E-state index contributed by atoms with van der Waals surface area (Å²) in [6, 6.07) is 6.50. The van der Waals surface area contributed by atoms with Gasteiger partial charge in [-0.1, -0.05) is 25.1 Å². The van der Waals surface area contributed by atoms with Crippen LogP contribution in [0.4, 0.5) is 0 Å². The van der Waals surface area contributed by atoms with Crippen molar-refractivity contribution in [3.63, 3.8) is 0 Å². The average Bonchev–Trinajstić information content (AvgIpc) is 3.18. The first-order valence-corrected chi connectivity index (χ1v) is 9.27. The molecule has 2 aliphatic rings. The molecule has 3 nitrogen and oxygen atoms in total. The molecule has 0 fully saturated rings. The third-order valence-electron chi connectivity index (χ3n) is 5.00. The van der Waals surface area contributed by atoms with Crippen LogP contribution in [0.1, 0.15) is 50.8 Å². The number of nitrogens with one attached hydrogen (secondary N) is 2. The Bertz CT molecular complexity index is 756. The van der Waals surface area contributed by atoms with Crippen molar-refractivity contribution in [2.24, 2.45) is 5.92 Å². The van der Waals surface area contributed by atoms with Gasteiger partial charge in [-0.3, -0.25) is 4.79 Å². The number of amides is 1. The summed E-state index contributed by atoms with van der Waals surface area (Å²) < 4.78 is 0. The van der Waals surface area contributed by atoms with Crippen molar-refractivity contribution in [2.45, 2.75) is 45.8 Å². The van der Waals surface area contributed by atoms with E-state index < -0.39 is 0 Å². The lowest BCUT2D eigenvalue weighted by Crippen LogP contribution is -2.24. The second-order valence-corrected chi connectivity index (χ2v) is 7.75. The predicted octanol–water partition coefficient (Wildman–Crippen LogP) is 3.83. The Hall–Kier alpha value is -1.36.